The summed E-state index contributed by atoms with van der Waals surface area (Å²) in [6, 6.07) is 8.52. The van der Waals surface area contributed by atoms with Crippen LogP contribution in [-0.2, 0) is 17.8 Å². The zero-order valence-corrected chi connectivity index (χ0v) is 19.9. The van der Waals surface area contributed by atoms with Crippen LogP contribution in [0.15, 0.2) is 24.3 Å². The molecule has 0 atom stereocenters. The lowest BCUT2D eigenvalue weighted by molar-refractivity contribution is 0.0122. The largest absolute Gasteiger partial charge is 0.376 e. The number of hydrogen-bond donors (Lipinski definition) is 1. The predicted molar refractivity (Wildman–Crippen MR) is 130 cm³/mol. The number of piperazine rings is 1. The van der Waals surface area contributed by atoms with Gasteiger partial charge in [-0.25, -0.2) is 18.7 Å². The summed E-state index contributed by atoms with van der Waals surface area (Å²) in [4.78, 5) is 16.3. The van der Waals surface area contributed by atoms with Gasteiger partial charge in [0.1, 0.15) is 5.82 Å². The van der Waals surface area contributed by atoms with E-state index in [4.69, 9.17) is 14.7 Å². The van der Waals surface area contributed by atoms with Crippen molar-refractivity contribution < 1.29 is 13.5 Å². The molecule has 1 N–H and O–H groups in total. The maximum Gasteiger partial charge on any atom is 0.261 e. The minimum atomic E-state index is -2.54. The lowest BCUT2D eigenvalue weighted by Crippen LogP contribution is -2.44. The number of benzene rings is 1. The van der Waals surface area contributed by atoms with Crippen molar-refractivity contribution in [2.24, 2.45) is 0 Å². The molecule has 9 heteroatoms. The number of anilines is 2. The number of likely N-dealkylation sites (tertiary alicyclic amines) is 1. The van der Waals surface area contributed by atoms with Gasteiger partial charge in [0.15, 0.2) is 5.82 Å². The van der Waals surface area contributed by atoms with Crippen molar-refractivity contribution >= 4 is 11.5 Å². The Morgan fingerprint density at radius 3 is 2.59 bits per heavy atom. The van der Waals surface area contributed by atoms with Crippen LogP contribution >= 0.6 is 0 Å². The minimum absolute atomic E-state index is 0.0336. The summed E-state index contributed by atoms with van der Waals surface area (Å²) in [5.41, 5.74) is 4.27. The van der Waals surface area contributed by atoms with Crippen molar-refractivity contribution in [2.45, 2.75) is 31.8 Å². The zero-order valence-electron chi connectivity index (χ0n) is 19.9. The molecule has 2 aromatic rings. The third kappa shape index (κ3) is 5.47. The summed E-state index contributed by atoms with van der Waals surface area (Å²) in [6.45, 7) is 7.06. The third-order valence-corrected chi connectivity index (χ3v) is 7.01. The summed E-state index contributed by atoms with van der Waals surface area (Å²) in [5.74, 6) is -1.02. The second-order valence-electron chi connectivity index (χ2n) is 9.62. The molecule has 3 aliphatic rings. The van der Waals surface area contributed by atoms with Gasteiger partial charge in [0.05, 0.1) is 25.5 Å². The first-order chi connectivity index (χ1) is 16.5. The average Bonchev–Trinajstić information content (AvgIpc) is 3.20. The molecule has 0 spiro atoms. The molecule has 2 saturated heterocycles. The van der Waals surface area contributed by atoms with E-state index in [1.165, 1.54) is 5.69 Å². The number of halogens is 2. The monoisotopic (exact) mass is 472 g/mol. The number of nitrogens with zero attached hydrogens (tertiary/aromatic N) is 5. The molecule has 34 heavy (non-hydrogen) atoms. The molecule has 0 amide bonds. The summed E-state index contributed by atoms with van der Waals surface area (Å²) in [7, 11) is 2.16. The van der Waals surface area contributed by atoms with Crippen LogP contribution in [0.25, 0.3) is 11.4 Å². The molecule has 5 rings (SSSR count). The number of nitrogens with one attached hydrogen (secondary N) is 1. The number of hydrogen-bond acceptors (Lipinski definition) is 7. The van der Waals surface area contributed by atoms with E-state index in [1.807, 2.05) is 4.90 Å². The predicted octanol–water partition coefficient (Wildman–Crippen LogP) is 3.11. The fraction of sp³-hybridized carbons (Fsp3) is 0.600. The van der Waals surface area contributed by atoms with Gasteiger partial charge in [-0.15, -0.1) is 0 Å². The Bertz CT molecular complexity index is 978. The van der Waals surface area contributed by atoms with E-state index in [9.17, 15) is 8.78 Å². The first-order valence-corrected chi connectivity index (χ1v) is 12.3. The molecule has 7 nitrogen and oxygen atoms in total. The van der Waals surface area contributed by atoms with E-state index in [0.29, 0.717) is 38.7 Å². The maximum absolute atomic E-state index is 13.4. The molecule has 0 unspecified atom stereocenters. The van der Waals surface area contributed by atoms with Gasteiger partial charge < -0.3 is 19.9 Å². The van der Waals surface area contributed by atoms with Crippen LogP contribution in [0.2, 0.25) is 0 Å². The SMILES string of the molecule is CN1CCN(c2ccc(-c3nc4c(c(NCCCN5CCC(F)(F)C5)n3)COCC4)cc2)CC1. The molecular weight excluding hydrogens is 438 g/mol. The van der Waals surface area contributed by atoms with Gasteiger partial charge >= 0.3 is 0 Å². The van der Waals surface area contributed by atoms with E-state index in [1.54, 1.807) is 0 Å². The minimum Gasteiger partial charge on any atom is -0.376 e. The van der Waals surface area contributed by atoms with Crippen molar-refractivity contribution in [1.82, 2.24) is 19.8 Å². The number of fused-ring (bicyclic) bond motifs is 1. The summed E-state index contributed by atoms with van der Waals surface area (Å²) in [6.07, 6.45) is 1.51. The smallest absolute Gasteiger partial charge is 0.261 e. The highest BCUT2D eigenvalue weighted by Gasteiger charge is 2.37. The second kappa shape index (κ2) is 10.1. The summed E-state index contributed by atoms with van der Waals surface area (Å²) in [5, 5.41) is 3.44. The Hall–Kier alpha value is -2.36. The number of likely N-dealkylation sites (N-methyl/N-ethyl adjacent to an activating group) is 1. The lowest BCUT2D eigenvalue weighted by Gasteiger charge is -2.34. The van der Waals surface area contributed by atoms with Gasteiger partial charge in [-0.3, -0.25) is 4.90 Å². The molecule has 1 aromatic heterocycles. The Kier molecular flexibility index (Phi) is 6.94. The quantitative estimate of drug-likeness (QED) is 0.622. The van der Waals surface area contributed by atoms with Crippen LogP contribution in [0.3, 0.4) is 0 Å². The van der Waals surface area contributed by atoms with Gasteiger partial charge in [-0.2, -0.15) is 0 Å². The van der Waals surface area contributed by atoms with Crippen molar-refractivity contribution in [1.29, 1.82) is 0 Å². The molecule has 0 radical (unpaired) electrons. The first-order valence-electron chi connectivity index (χ1n) is 12.3. The van der Waals surface area contributed by atoms with Crippen LogP contribution in [0.1, 0.15) is 24.1 Å². The van der Waals surface area contributed by atoms with Crippen molar-refractivity contribution in [3.05, 3.63) is 35.5 Å². The van der Waals surface area contributed by atoms with E-state index >= 15 is 0 Å². The maximum atomic E-state index is 13.4. The molecule has 3 aliphatic heterocycles. The average molecular weight is 473 g/mol. The standard InChI is InChI=1S/C25H34F2N6O/c1-31-12-14-33(15-13-31)20-5-3-19(4-6-20)23-29-22-7-16-34-17-21(22)24(30-23)28-9-2-10-32-11-8-25(26,27)18-32/h3-6H,2,7-18H2,1H3,(H,28,29,30). The van der Waals surface area contributed by atoms with Gasteiger partial charge in [0, 0.05) is 75.5 Å². The van der Waals surface area contributed by atoms with E-state index in [2.05, 4.69) is 46.4 Å². The Labute approximate surface area is 200 Å². The van der Waals surface area contributed by atoms with Crippen LogP contribution < -0.4 is 10.2 Å². The molecular formula is C25H34F2N6O. The Balaban J connectivity index is 1.26. The summed E-state index contributed by atoms with van der Waals surface area (Å²) < 4.78 is 32.5. The van der Waals surface area contributed by atoms with Crippen molar-refractivity contribution in [3.8, 4) is 11.4 Å². The van der Waals surface area contributed by atoms with Crippen molar-refractivity contribution in [3.63, 3.8) is 0 Å². The first kappa shape index (κ1) is 23.4. The van der Waals surface area contributed by atoms with E-state index in [-0.39, 0.29) is 13.0 Å². The lowest BCUT2D eigenvalue weighted by atomic mass is 10.1. The highest BCUT2D eigenvalue weighted by molar-refractivity contribution is 5.63. The number of ether oxygens (including phenoxy) is 1. The Morgan fingerprint density at radius 2 is 1.85 bits per heavy atom. The Morgan fingerprint density at radius 1 is 1.06 bits per heavy atom. The normalized spacial score (nSPS) is 21.0. The molecule has 184 valence electrons. The van der Waals surface area contributed by atoms with Gasteiger partial charge in [0.2, 0.25) is 0 Å². The topological polar surface area (TPSA) is 56.8 Å². The molecule has 1 aromatic carbocycles. The number of aromatic nitrogens is 2. The van der Waals surface area contributed by atoms with Crippen LogP contribution in [0, 0.1) is 0 Å². The zero-order chi connectivity index (χ0) is 23.5. The highest BCUT2D eigenvalue weighted by Crippen LogP contribution is 2.29. The fourth-order valence-electron chi connectivity index (χ4n) is 4.90. The van der Waals surface area contributed by atoms with Gasteiger partial charge in [0.25, 0.3) is 5.92 Å². The number of rotatable bonds is 7. The van der Waals surface area contributed by atoms with Crippen LogP contribution in [0.5, 0.6) is 0 Å². The third-order valence-electron chi connectivity index (χ3n) is 7.01. The highest BCUT2D eigenvalue weighted by atomic mass is 19.3. The molecule has 0 bridgehead atoms. The van der Waals surface area contributed by atoms with Gasteiger partial charge in [-0.05, 0) is 37.7 Å². The molecule has 2 fully saturated rings. The van der Waals surface area contributed by atoms with E-state index in [0.717, 1.165) is 61.7 Å². The second-order valence-corrected chi connectivity index (χ2v) is 9.62. The molecule has 0 aliphatic carbocycles. The summed E-state index contributed by atoms with van der Waals surface area (Å²) >= 11 is 0. The van der Waals surface area contributed by atoms with Gasteiger partial charge in [-0.1, -0.05) is 0 Å². The molecule has 4 heterocycles. The van der Waals surface area contributed by atoms with Crippen molar-refractivity contribution in [2.75, 3.05) is 76.2 Å². The van der Waals surface area contributed by atoms with Crippen LogP contribution in [-0.4, -0.2) is 91.7 Å². The molecule has 0 saturated carbocycles. The number of alkyl halides is 2. The fourth-order valence-corrected chi connectivity index (χ4v) is 4.90. The van der Waals surface area contributed by atoms with Crippen LogP contribution in [0.4, 0.5) is 20.3 Å². The van der Waals surface area contributed by atoms with E-state index < -0.39 is 5.92 Å².